The summed E-state index contributed by atoms with van der Waals surface area (Å²) in [5.41, 5.74) is 2.89. The normalized spacial score (nSPS) is 13.0. The van der Waals surface area contributed by atoms with E-state index in [1.807, 2.05) is 18.2 Å². The Hall–Kier alpha value is -4.08. The molecular weight excluding hydrogens is 485 g/mol. The van der Waals surface area contributed by atoms with E-state index in [4.69, 9.17) is 21.2 Å². The molecule has 0 aliphatic rings. The summed E-state index contributed by atoms with van der Waals surface area (Å²) < 4.78 is 20.4. The fourth-order valence-corrected chi connectivity index (χ4v) is 4.17. The van der Waals surface area contributed by atoms with Gasteiger partial charge in [-0.2, -0.15) is 10.1 Å². The zero-order valence-corrected chi connectivity index (χ0v) is 20.1. The van der Waals surface area contributed by atoms with Gasteiger partial charge in [-0.15, -0.1) is 0 Å². The minimum Gasteiger partial charge on any atom is -0.391 e. The van der Waals surface area contributed by atoms with Gasteiger partial charge in [0.2, 0.25) is 0 Å². The Bertz CT molecular complexity index is 1560. The van der Waals surface area contributed by atoms with Gasteiger partial charge in [-0.05, 0) is 62.4 Å². The maximum atomic E-state index is 13.6. The number of fused-ring (bicyclic) bond motifs is 1. The molecule has 182 valence electrons. The molecule has 2 atom stereocenters. The molecule has 10 heteroatoms. The molecule has 1 amide bonds. The fourth-order valence-electron chi connectivity index (χ4n) is 3.94. The lowest BCUT2D eigenvalue weighted by molar-refractivity contribution is 0.0818. The first-order valence-electron chi connectivity index (χ1n) is 11.1. The number of nitrogens with zero attached hydrogens (tertiary/aromatic N) is 4. The first-order chi connectivity index (χ1) is 17.3. The summed E-state index contributed by atoms with van der Waals surface area (Å²) in [7, 11) is 0. The number of rotatable bonds is 6. The summed E-state index contributed by atoms with van der Waals surface area (Å²) in [5, 5.41) is 22.7. The van der Waals surface area contributed by atoms with Crippen molar-refractivity contribution in [2.45, 2.75) is 26.0 Å². The minimum absolute atomic E-state index is 0.106. The standard InChI is InChI=1S/C26H21ClFN5O3/c1-14(34)23(26-29-15(2)32-36-26)30-25(35)16-7-12-20-22(13-16)33(18-10-8-17(28)9-11-18)31-24(20)19-5-3-4-6-21(19)27/h3-14,23,34H,1-2H3,(H,30,35). The van der Waals surface area contributed by atoms with E-state index in [1.54, 1.807) is 48.0 Å². The number of nitrogens with one attached hydrogen (secondary N) is 1. The van der Waals surface area contributed by atoms with Crippen molar-refractivity contribution < 1.29 is 18.8 Å². The molecule has 2 heterocycles. The van der Waals surface area contributed by atoms with Crippen LogP contribution >= 0.6 is 11.6 Å². The summed E-state index contributed by atoms with van der Waals surface area (Å²) in [6, 6.07) is 17.4. The highest BCUT2D eigenvalue weighted by molar-refractivity contribution is 6.33. The Labute approximate surface area is 210 Å². The molecule has 0 aliphatic carbocycles. The number of hydrogen-bond acceptors (Lipinski definition) is 6. The largest absolute Gasteiger partial charge is 0.391 e. The highest BCUT2D eigenvalue weighted by Crippen LogP contribution is 2.34. The topological polar surface area (TPSA) is 106 Å². The smallest absolute Gasteiger partial charge is 0.252 e. The third-order valence-corrected chi connectivity index (χ3v) is 6.05. The number of carbonyl (C=O) groups is 1. The highest BCUT2D eigenvalue weighted by atomic mass is 35.5. The van der Waals surface area contributed by atoms with Crippen molar-refractivity contribution in [2.75, 3.05) is 0 Å². The Morgan fingerprint density at radius 2 is 1.89 bits per heavy atom. The van der Waals surface area contributed by atoms with E-state index < -0.39 is 18.1 Å². The van der Waals surface area contributed by atoms with E-state index in [-0.39, 0.29) is 11.7 Å². The van der Waals surface area contributed by atoms with Gasteiger partial charge in [0.25, 0.3) is 11.8 Å². The van der Waals surface area contributed by atoms with Crippen LogP contribution in [0.15, 0.2) is 71.3 Å². The van der Waals surface area contributed by atoms with Crippen LogP contribution in [0.5, 0.6) is 0 Å². The minimum atomic E-state index is -0.978. The Kier molecular flexibility index (Phi) is 6.26. The number of aryl methyl sites for hydroxylation is 1. The van der Waals surface area contributed by atoms with Crippen molar-refractivity contribution in [3.05, 3.63) is 94.8 Å². The zero-order chi connectivity index (χ0) is 25.4. The van der Waals surface area contributed by atoms with Crippen LogP contribution < -0.4 is 5.32 Å². The molecule has 0 radical (unpaired) electrons. The van der Waals surface area contributed by atoms with Gasteiger partial charge in [0.15, 0.2) is 5.82 Å². The molecule has 2 N–H and O–H groups in total. The van der Waals surface area contributed by atoms with E-state index in [1.165, 1.54) is 19.1 Å². The summed E-state index contributed by atoms with van der Waals surface area (Å²) in [5.74, 6) is -0.331. The lowest BCUT2D eigenvalue weighted by atomic mass is 10.1. The molecule has 0 spiro atoms. The molecular formula is C26H21ClFN5O3. The van der Waals surface area contributed by atoms with Crippen LogP contribution in [0.3, 0.4) is 0 Å². The van der Waals surface area contributed by atoms with Gasteiger partial charge in [-0.3, -0.25) is 4.79 Å². The van der Waals surface area contributed by atoms with E-state index in [0.29, 0.717) is 33.3 Å². The van der Waals surface area contributed by atoms with E-state index in [9.17, 15) is 14.3 Å². The second-order valence-corrected chi connectivity index (χ2v) is 8.73. The predicted molar refractivity (Wildman–Crippen MR) is 132 cm³/mol. The first kappa shape index (κ1) is 23.7. The molecule has 0 saturated heterocycles. The fraction of sp³-hybridized carbons (Fsp3) is 0.154. The van der Waals surface area contributed by atoms with Gasteiger partial charge in [0, 0.05) is 16.5 Å². The molecule has 0 bridgehead atoms. The van der Waals surface area contributed by atoms with Crippen LogP contribution in [0, 0.1) is 12.7 Å². The van der Waals surface area contributed by atoms with Gasteiger partial charge < -0.3 is 14.9 Å². The third kappa shape index (κ3) is 4.46. The number of carbonyl (C=O) groups excluding carboxylic acids is 1. The summed E-state index contributed by atoms with van der Waals surface area (Å²) >= 11 is 6.46. The predicted octanol–water partition coefficient (Wildman–Crippen LogP) is 5.03. The van der Waals surface area contributed by atoms with Crippen molar-refractivity contribution in [2.24, 2.45) is 0 Å². The van der Waals surface area contributed by atoms with Crippen LogP contribution in [0.4, 0.5) is 4.39 Å². The highest BCUT2D eigenvalue weighted by Gasteiger charge is 2.26. The van der Waals surface area contributed by atoms with Crippen molar-refractivity contribution in [3.8, 4) is 16.9 Å². The molecule has 0 aliphatic heterocycles. The number of aromatic nitrogens is 4. The summed E-state index contributed by atoms with van der Waals surface area (Å²) in [6.07, 6.45) is -0.978. The van der Waals surface area contributed by atoms with Crippen LogP contribution in [0.2, 0.25) is 5.02 Å². The van der Waals surface area contributed by atoms with Gasteiger partial charge >= 0.3 is 0 Å². The number of aliphatic hydroxyl groups excluding tert-OH is 1. The lowest BCUT2D eigenvalue weighted by Gasteiger charge is -2.17. The molecule has 2 aromatic heterocycles. The van der Waals surface area contributed by atoms with Crippen molar-refractivity contribution in [3.63, 3.8) is 0 Å². The molecule has 0 fully saturated rings. The average molecular weight is 506 g/mol. The van der Waals surface area contributed by atoms with Crippen LogP contribution in [-0.2, 0) is 0 Å². The van der Waals surface area contributed by atoms with Crippen LogP contribution in [-0.4, -0.2) is 37.0 Å². The molecule has 3 aromatic carbocycles. The maximum absolute atomic E-state index is 13.6. The number of aliphatic hydroxyl groups is 1. The quantitative estimate of drug-likeness (QED) is 0.335. The molecule has 5 aromatic rings. The number of halogens is 2. The van der Waals surface area contributed by atoms with Gasteiger partial charge in [-0.25, -0.2) is 9.07 Å². The molecule has 2 unspecified atom stereocenters. The second-order valence-electron chi connectivity index (χ2n) is 8.32. The average Bonchev–Trinajstić information content (AvgIpc) is 3.46. The summed E-state index contributed by atoms with van der Waals surface area (Å²) in [4.78, 5) is 17.3. The lowest BCUT2D eigenvalue weighted by Crippen LogP contribution is -2.35. The first-order valence-corrected chi connectivity index (χ1v) is 11.5. The zero-order valence-electron chi connectivity index (χ0n) is 19.3. The van der Waals surface area contributed by atoms with Gasteiger partial charge in [0.1, 0.15) is 17.6 Å². The van der Waals surface area contributed by atoms with Crippen molar-refractivity contribution in [1.82, 2.24) is 25.2 Å². The molecule has 5 rings (SSSR count). The Morgan fingerprint density at radius 3 is 2.56 bits per heavy atom. The third-order valence-electron chi connectivity index (χ3n) is 5.72. The van der Waals surface area contributed by atoms with Gasteiger partial charge in [-0.1, -0.05) is 35.0 Å². The van der Waals surface area contributed by atoms with Gasteiger partial charge in [0.05, 0.1) is 22.3 Å². The number of amides is 1. The Morgan fingerprint density at radius 1 is 1.14 bits per heavy atom. The molecule has 8 nitrogen and oxygen atoms in total. The monoisotopic (exact) mass is 505 g/mol. The van der Waals surface area contributed by atoms with Crippen molar-refractivity contribution in [1.29, 1.82) is 0 Å². The van der Waals surface area contributed by atoms with Crippen LogP contribution in [0.25, 0.3) is 27.8 Å². The SMILES string of the molecule is Cc1noc(C(NC(=O)c2ccc3c(-c4ccccc4Cl)nn(-c4ccc(F)cc4)c3c2)C(C)O)n1. The summed E-state index contributed by atoms with van der Waals surface area (Å²) in [6.45, 7) is 3.17. The maximum Gasteiger partial charge on any atom is 0.252 e. The Balaban J connectivity index is 1.60. The van der Waals surface area contributed by atoms with Crippen LogP contribution in [0.1, 0.15) is 35.0 Å². The second kappa shape index (κ2) is 9.52. The number of benzene rings is 3. The van der Waals surface area contributed by atoms with E-state index >= 15 is 0 Å². The molecule has 0 saturated carbocycles. The van der Waals surface area contributed by atoms with Crippen molar-refractivity contribution >= 4 is 28.4 Å². The molecule has 36 heavy (non-hydrogen) atoms. The van der Waals surface area contributed by atoms with E-state index in [2.05, 4.69) is 15.5 Å². The number of hydrogen-bond donors (Lipinski definition) is 2. The van der Waals surface area contributed by atoms with E-state index in [0.717, 1.165) is 10.9 Å².